The van der Waals surface area contributed by atoms with Crippen LogP contribution < -0.4 is 4.90 Å². The minimum Gasteiger partial charge on any atom is -0.274 e. The predicted octanol–water partition coefficient (Wildman–Crippen LogP) is 4.40. The molecular formula is C21H23NO2. The molecule has 1 saturated heterocycles. The molecule has 1 aliphatic carbocycles. The Morgan fingerprint density at radius 1 is 0.875 bits per heavy atom. The van der Waals surface area contributed by atoms with Crippen molar-refractivity contribution in [1.82, 2.24) is 0 Å². The molecule has 3 nitrogen and oxygen atoms in total. The normalized spacial score (nSPS) is 29.5. The molecule has 4 rings (SSSR count). The predicted molar refractivity (Wildman–Crippen MR) is 95.6 cm³/mol. The zero-order valence-corrected chi connectivity index (χ0v) is 14.2. The molecule has 4 atom stereocenters. The molecule has 1 saturated carbocycles. The zero-order valence-electron chi connectivity index (χ0n) is 14.2. The van der Waals surface area contributed by atoms with Gasteiger partial charge in [-0.1, -0.05) is 57.0 Å². The van der Waals surface area contributed by atoms with E-state index in [4.69, 9.17) is 0 Å². The SMILES string of the molecule is CCC1CC(CC)C2C(=O)N(c3ccc4ccccc4c3)C(=O)C12. The maximum absolute atomic E-state index is 13.1. The molecule has 0 spiro atoms. The van der Waals surface area contributed by atoms with Gasteiger partial charge < -0.3 is 0 Å². The summed E-state index contributed by atoms with van der Waals surface area (Å²) in [6, 6.07) is 13.9. The van der Waals surface area contributed by atoms with Crippen molar-refractivity contribution in [3.05, 3.63) is 42.5 Å². The molecular weight excluding hydrogens is 298 g/mol. The minimum atomic E-state index is -0.112. The van der Waals surface area contributed by atoms with Gasteiger partial charge in [-0.2, -0.15) is 0 Å². The van der Waals surface area contributed by atoms with Gasteiger partial charge >= 0.3 is 0 Å². The summed E-state index contributed by atoms with van der Waals surface area (Å²) in [6.45, 7) is 4.27. The second-order valence-electron chi connectivity index (χ2n) is 7.17. The van der Waals surface area contributed by atoms with Crippen LogP contribution in [0.4, 0.5) is 5.69 Å². The number of hydrogen-bond acceptors (Lipinski definition) is 2. The van der Waals surface area contributed by atoms with Gasteiger partial charge in [0.25, 0.3) is 0 Å². The number of anilines is 1. The van der Waals surface area contributed by atoms with Crippen molar-refractivity contribution >= 4 is 28.3 Å². The number of fused-ring (bicyclic) bond motifs is 2. The molecule has 2 aromatic rings. The number of carbonyl (C=O) groups excluding carboxylic acids is 2. The number of rotatable bonds is 3. The van der Waals surface area contributed by atoms with Crippen molar-refractivity contribution in [3.8, 4) is 0 Å². The average molecular weight is 321 g/mol. The standard InChI is InChI=1S/C21H23NO2/c1-3-13-11-14(4-2)19-18(13)20(23)22(21(19)24)17-10-9-15-7-5-6-8-16(15)12-17/h5-10,12-14,18-19H,3-4,11H2,1-2H3. The fraction of sp³-hybridized carbons (Fsp3) is 0.429. The Hall–Kier alpha value is -2.16. The lowest BCUT2D eigenvalue weighted by molar-refractivity contribution is -0.123. The van der Waals surface area contributed by atoms with Crippen LogP contribution in [0.15, 0.2) is 42.5 Å². The first kappa shape index (κ1) is 15.4. The lowest BCUT2D eigenvalue weighted by Crippen LogP contribution is -2.33. The van der Waals surface area contributed by atoms with E-state index in [2.05, 4.69) is 13.8 Å². The lowest BCUT2D eigenvalue weighted by atomic mass is 9.88. The van der Waals surface area contributed by atoms with Crippen LogP contribution in [0.25, 0.3) is 10.8 Å². The van der Waals surface area contributed by atoms with Gasteiger partial charge in [0.2, 0.25) is 11.8 Å². The first-order chi connectivity index (χ1) is 11.7. The summed E-state index contributed by atoms with van der Waals surface area (Å²) < 4.78 is 0. The zero-order chi connectivity index (χ0) is 16.8. The molecule has 1 aliphatic heterocycles. The summed E-state index contributed by atoms with van der Waals surface area (Å²) in [5.74, 6) is 0.507. The average Bonchev–Trinajstić information content (AvgIpc) is 3.11. The maximum Gasteiger partial charge on any atom is 0.237 e. The number of nitrogens with zero attached hydrogens (tertiary/aromatic N) is 1. The highest BCUT2D eigenvalue weighted by Crippen LogP contribution is 2.50. The molecule has 2 aromatic carbocycles. The first-order valence-corrected chi connectivity index (χ1v) is 9.02. The van der Waals surface area contributed by atoms with Gasteiger partial charge in [-0.3, -0.25) is 14.5 Å². The molecule has 124 valence electrons. The smallest absolute Gasteiger partial charge is 0.237 e. The van der Waals surface area contributed by atoms with Gasteiger partial charge in [0.05, 0.1) is 17.5 Å². The highest BCUT2D eigenvalue weighted by atomic mass is 16.2. The fourth-order valence-corrected chi connectivity index (χ4v) is 4.80. The van der Waals surface area contributed by atoms with Crippen LogP contribution in [0.5, 0.6) is 0 Å². The highest BCUT2D eigenvalue weighted by Gasteiger charge is 2.57. The van der Waals surface area contributed by atoms with E-state index in [9.17, 15) is 9.59 Å². The number of amides is 2. The van der Waals surface area contributed by atoms with Crippen LogP contribution >= 0.6 is 0 Å². The maximum atomic E-state index is 13.1. The van der Waals surface area contributed by atoms with Gasteiger partial charge in [-0.25, -0.2) is 0 Å². The number of carbonyl (C=O) groups is 2. The third-order valence-electron chi connectivity index (χ3n) is 6.06. The van der Waals surface area contributed by atoms with E-state index < -0.39 is 0 Å². The van der Waals surface area contributed by atoms with Crippen molar-refractivity contribution < 1.29 is 9.59 Å². The summed E-state index contributed by atoms with van der Waals surface area (Å²) in [4.78, 5) is 27.6. The molecule has 0 N–H and O–H groups in total. The Bertz CT molecular complexity index is 784. The molecule has 4 unspecified atom stereocenters. The van der Waals surface area contributed by atoms with Crippen molar-refractivity contribution in [2.75, 3.05) is 4.90 Å². The molecule has 2 aliphatic rings. The molecule has 0 aromatic heterocycles. The third-order valence-corrected chi connectivity index (χ3v) is 6.06. The van der Waals surface area contributed by atoms with Crippen LogP contribution in [0.3, 0.4) is 0 Å². The van der Waals surface area contributed by atoms with E-state index >= 15 is 0 Å². The van der Waals surface area contributed by atoms with E-state index in [0.29, 0.717) is 11.8 Å². The fourth-order valence-electron chi connectivity index (χ4n) is 4.80. The quantitative estimate of drug-likeness (QED) is 0.786. The Morgan fingerprint density at radius 3 is 2.04 bits per heavy atom. The summed E-state index contributed by atoms with van der Waals surface area (Å²) in [5.41, 5.74) is 0.725. The van der Waals surface area contributed by atoms with Crippen LogP contribution in [0.1, 0.15) is 33.1 Å². The number of imide groups is 1. The van der Waals surface area contributed by atoms with Gasteiger partial charge in [-0.15, -0.1) is 0 Å². The molecule has 24 heavy (non-hydrogen) atoms. The topological polar surface area (TPSA) is 37.4 Å². The Balaban J connectivity index is 1.75. The van der Waals surface area contributed by atoms with E-state index in [0.717, 1.165) is 35.7 Å². The van der Waals surface area contributed by atoms with Crippen molar-refractivity contribution in [2.45, 2.75) is 33.1 Å². The van der Waals surface area contributed by atoms with Gasteiger partial charge in [0, 0.05) is 0 Å². The first-order valence-electron chi connectivity index (χ1n) is 9.02. The molecule has 3 heteroatoms. The van der Waals surface area contributed by atoms with E-state index in [1.165, 1.54) is 4.90 Å². The van der Waals surface area contributed by atoms with Crippen LogP contribution in [0, 0.1) is 23.7 Å². The van der Waals surface area contributed by atoms with Crippen LogP contribution in [-0.4, -0.2) is 11.8 Å². The second kappa shape index (κ2) is 5.73. The highest BCUT2D eigenvalue weighted by molar-refractivity contribution is 6.23. The molecule has 2 amide bonds. The monoisotopic (exact) mass is 321 g/mol. The van der Waals surface area contributed by atoms with Crippen molar-refractivity contribution in [2.24, 2.45) is 23.7 Å². The number of benzene rings is 2. The summed E-state index contributed by atoms with van der Waals surface area (Å²) in [5, 5.41) is 2.19. The molecule has 0 radical (unpaired) electrons. The van der Waals surface area contributed by atoms with Gasteiger partial charge in [0.1, 0.15) is 0 Å². The van der Waals surface area contributed by atoms with Gasteiger partial charge in [0.15, 0.2) is 0 Å². The third kappa shape index (κ3) is 2.10. The lowest BCUT2D eigenvalue weighted by Gasteiger charge is -2.20. The van der Waals surface area contributed by atoms with Crippen LogP contribution in [-0.2, 0) is 9.59 Å². The summed E-state index contributed by atoms with van der Waals surface area (Å²) in [6.07, 6.45) is 2.97. The van der Waals surface area contributed by atoms with Crippen molar-refractivity contribution in [3.63, 3.8) is 0 Å². The summed E-state index contributed by atoms with van der Waals surface area (Å²) >= 11 is 0. The number of hydrogen-bond donors (Lipinski definition) is 0. The Labute approximate surface area is 142 Å². The van der Waals surface area contributed by atoms with Crippen molar-refractivity contribution in [1.29, 1.82) is 0 Å². The largest absolute Gasteiger partial charge is 0.274 e. The Kier molecular flexibility index (Phi) is 3.67. The van der Waals surface area contributed by atoms with Gasteiger partial charge in [-0.05, 0) is 41.2 Å². The van der Waals surface area contributed by atoms with E-state index in [-0.39, 0.29) is 23.7 Å². The van der Waals surface area contributed by atoms with E-state index in [1.54, 1.807) is 0 Å². The molecule has 1 heterocycles. The summed E-state index contributed by atoms with van der Waals surface area (Å²) in [7, 11) is 0. The molecule has 0 bridgehead atoms. The molecule has 2 fully saturated rings. The Morgan fingerprint density at radius 2 is 1.46 bits per heavy atom. The second-order valence-corrected chi connectivity index (χ2v) is 7.17. The van der Waals surface area contributed by atoms with E-state index in [1.807, 2.05) is 42.5 Å². The minimum absolute atomic E-state index is 0.0167. The van der Waals surface area contributed by atoms with Crippen LogP contribution in [0.2, 0.25) is 0 Å².